The van der Waals surface area contributed by atoms with E-state index in [1.807, 2.05) is 23.6 Å². The highest BCUT2D eigenvalue weighted by molar-refractivity contribution is 8.14. The number of hydrogen-bond acceptors (Lipinski definition) is 6. The zero-order chi connectivity index (χ0) is 13.7. The molecule has 0 bridgehead atoms. The molecule has 0 aliphatic rings. The largest absolute Gasteiger partial charge is 0.301 e. The molecule has 2 aromatic rings. The molecule has 2 heterocycles. The Hall–Kier alpha value is -1.73. The molecule has 0 aliphatic carbocycles. The first kappa shape index (κ1) is 13.7. The monoisotopic (exact) mass is 293 g/mol. The molecule has 0 unspecified atom stereocenters. The van der Waals surface area contributed by atoms with Crippen LogP contribution in [-0.4, -0.2) is 26.7 Å². The van der Waals surface area contributed by atoms with Crippen molar-refractivity contribution in [1.82, 2.24) is 9.97 Å². The van der Waals surface area contributed by atoms with Gasteiger partial charge in [-0.15, -0.1) is 11.3 Å². The molecule has 0 fully saturated rings. The third-order valence-electron chi connectivity index (χ3n) is 2.08. The average Bonchev–Trinajstić information content (AvgIpc) is 2.86. The van der Waals surface area contributed by atoms with E-state index in [0.29, 0.717) is 5.13 Å². The molecule has 98 valence electrons. The van der Waals surface area contributed by atoms with Crippen molar-refractivity contribution in [2.75, 3.05) is 11.1 Å². The third kappa shape index (κ3) is 4.15. The molecule has 2 rings (SSSR count). The zero-order valence-corrected chi connectivity index (χ0v) is 11.8. The number of thioether (sulfide) groups is 1. The Morgan fingerprint density at radius 2 is 2.21 bits per heavy atom. The highest BCUT2D eigenvalue weighted by atomic mass is 32.2. The summed E-state index contributed by atoms with van der Waals surface area (Å²) >= 11 is 2.31. The van der Waals surface area contributed by atoms with Gasteiger partial charge in [-0.05, 0) is 12.1 Å². The molecular weight excluding hydrogens is 282 g/mol. The number of amides is 1. The lowest BCUT2D eigenvalue weighted by Gasteiger charge is -1.99. The Morgan fingerprint density at radius 1 is 1.37 bits per heavy atom. The van der Waals surface area contributed by atoms with Crippen molar-refractivity contribution in [3.63, 3.8) is 0 Å². The van der Waals surface area contributed by atoms with Gasteiger partial charge in [0.15, 0.2) is 10.2 Å². The fourth-order valence-electron chi connectivity index (χ4n) is 1.29. The molecule has 0 saturated heterocycles. The zero-order valence-electron chi connectivity index (χ0n) is 10.1. The van der Waals surface area contributed by atoms with Crippen LogP contribution in [0.2, 0.25) is 0 Å². The van der Waals surface area contributed by atoms with Gasteiger partial charge in [-0.2, -0.15) is 0 Å². The van der Waals surface area contributed by atoms with Crippen molar-refractivity contribution < 1.29 is 9.59 Å². The molecule has 1 N–H and O–H groups in total. The molecule has 5 nitrogen and oxygen atoms in total. The fourth-order valence-corrected chi connectivity index (χ4v) is 2.41. The standard InChI is InChI=1S/C12H11N3O2S2/c1-8(16)18-7-11(17)15-12-14-10(6-19-12)9-4-2-3-5-13-9/h2-6H,7H2,1H3,(H,14,15,17). The van der Waals surface area contributed by atoms with Crippen molar-refractivity contribution in [3.05, 3.63) is 29.8 Å². The third-order valence-corrected chi connectivity index (χ3v) is 3.66. The van der Waals surface area contributed by atoms with Gasteiger partial charge in [0, 0.05) is 18.5 Å². The number of carbonyl (C=O) groups excluding carboxylic acids is 2. The summed E-state index contributed by atoms with van der Waals surface area (Å²) in [5, 5.41) is 4.91. The van der Waals surface area contributed by atoms with Crippen molar-refractivity contribution in [2.45, 2.75) is 6.92 Å². The summed E-state index contributed by atoms with van der Waals surface area (Å²) < 4.78 is 0. The van der Waals surface area contributed by atoms with E-state index < -0.39 is 0 Å². The van der Waals surface area contributed by atoms with Gasteiger partial charge in [-0.1, -0.05) is 17.8 Å². The molecular formula is C12H11N3O2S2. The van der Waals surface area contributed by atoms with Crippen LogP contribution in [0.25, 0.3) is 11.4 Å². The molecule has 7 heteroatoms. The summed E-state index contributed by atoms with van der Waals surface area (Å²) in [5.41, 5.74) is 1.48. The van der Waals surface area contributed by atoms with Gasteiger partial charge in [0.05, 0.1) is 11.4 Å². The lowest BCUT2D eigenvalue weighted by atomic mass is 10.3. The van der Waals surface area contributed by atoms with Crippen molar-refractivity contribution >= 4 is 39.3 Å². The molecule has 0 aliphatic heterocycles. The summed E-state index contributed by atoms with van der Waals surface area (Å²) in [6, 6.07) is 5.56. The minimum Gasteiger partial charge on any atom is -0.301 e. The number of anilines is 1. The van der Waals surface area contributed by atoms with E-state index in [4.69, 9.17) is 0 Å². The first-order valence-corrected chi connectivity index (χ1v) is 7.32. The molecule has 2 aromatic heterocycles. The number of pyridine rings is 1. The van der Waals surface area contributed by atoms with E-state index in [1.165, 1.54) is 18.3 Å². The van der Waals surface area contributed by atoms with Crippen LogP contribution in [0.5, 0.6) is 0 Å². The second kappa shape index (κ2) is 6.44. The molecule has 1 amide bonds. The number of aromatic nitrogens is 2. The normalized spacial score (nSPS) is 10.2. The lowest BCUT2D eigenvalue weighted by Crippen LogP contribution is -2.14. The summed E-state index contributed by atoms with van der Waals surface area (Å²) in [6.07, 6.45) is 1.69. The average molecular weight is 293 g/mol. The van der Waals surface area contributed by atoms with E-state index in [9.17, 15) is 9.59 Å². The highest BCUT2D eigenvalue weighted by Gasteiger charge is 2.09. The SMILES string of the molecule is CC(=O)SCC(=O)Nc1nc(-c2ccccn2)cs1. The van der Waals surface area contributed by atoms with Crippen LogP contribution in [0.15, 0.2) is 29.8 Å². The summed E-state index contributed by atoms with van der Waals surface area (Å²) in [5.74, 6) is -0.129. The van der Waals surface area contributed by atoms with Crippen LogP contribution in [0.4, 0.5) is 5.13 Å². The number of thiazole rings is 1. The van der Waals surface area contributed by atoms with Crippen LogP contribution in [0, 0.1) is 0 Å². The Morgan fingerprint density at radius 3 is 2.89 bits per heavy atom. The quantitative estimate of drug-likeness (QED) is 0.937. The predicted octanol–water partition coefficient (Wildman–Crippen LogP) is 2.42. The van der Waals surface area contributed by atoms with Gasteiger partial charge in [0.1, 0.15) is 5.69 Å². The lowest BCUT2D eigenvalue weighted by molar-refractivity contribution is -0.114. The molecule has 0 saturated carbocycles. The number of nitrogens with one attached hydrogen (secondary N) is 1. The number of hydrogen-bond donors (Lipinski definition) is 1. The van der Waals surface area contributed by atoms with Crippen LogP contribution >= 0.6 is 23.1 Å². The van der Waals surface area contributed by atoms with Crippen molar-refractivity contribution in [3.8, 4) is 11.4 Å². The van der Waals surface area contributed by atoms with Gasteiger partial charge in [-0.3, -0.25) is 14.6 Å². The molecule has 0 radical (unpaired) electrons. The van der Waals surface area contributed by atoms with Gasteiger partial charge in [0.25, 0.3) is 0 Å². The maximum absolute atomic E-state index is 11.5. The molecule has 0 atom stereocenters. The van der Waals surface area contributed by atoms with Crippen LogP contribution in [0.1, 0.15) is 6.92 Å². The van der Waals surface area contributed by atoms with Crippen LogP contribution < -0.4 is 5.32 Å². The number of carbonyl (C=O) groups is 2. The molecule has 19 heavy (non-hydrogen) atoms. The minimum atomic E-state index is -0.234. The fraction of sp³-hybridized carbons (Fsp3) is 0.167. The summed E-state index contributed by atoms with van der Waals surface area (Å²) in [4.78, 5) is 30.7. The smallest absolute Gasteiger partial charge is 0.236 e. The summed E-state index contributed by atoms with van der Waals surface area (Å²) in [6.45, 7) is 1.43. The number of nitrogens with zero attached hydrogens (tertiary/aromatic N) is 2. The Bertz CT molecular complexity index is 584. The van der Waals surface area contributed by atoms with Gasteiger partial charge in [-0.25, -0.2) is 4.98 Å². The summed E-state index contributed by atoms with van der Waals surface area (Å²) in [7, 11) is 0. The maximum atomic E-state index is 11.5. The highest BCUT2D eigenvalue weighted by Crippen LogP contribution is 2.23. The van der Waals surface area contributed by atoms with Gasteiger partial charge < -0.3 is 5.32 Å². The van der Waals surface area contributed by atoms with Crippen molar-refractivity contribution in [2.24, 2.45) is 0 Å². The van der Waals surface area contributed by atoms with Crippen molar-refractivity contribution in [1.29, 1.82) is 0 Å². The van der Waals surface area contributed by atoms with E-state index in [2.05, 4.69) is 15.3 Å². The Kier molecular flexibility index (Phi) is 4.64. The molecule has 0 spiro atoms. The van der Waals surface area contributed by atoms with E-state index in [-0.39, 0.29) is 16.8 Å². The first-order chi connectivity index (χ1) is 9.15. The van der Waals surface area contributed by atoms with Gasteiger partial charge in [0.2, 0.25) is 5.91 Å². The Labute approximate surface area is 118 Å². The topological polar surface area (TPSA) is 72.0 Å². The predicted molar refractivity (Wildman–Crippen MR) is 77.1 cm³/mol. The van der Waals surface area contributed by atoms with E-state index in [1.54, 1.807) is 6.20 Å². The maximum Gasteiger partial charge on any atom is 0.236 e. The minimum absolute atomic E-state index is 0.0801. The second-order valence-corrected chi connectivity index (χ2v) is 5.59. The van der Waals surface area contributed by atoms with Gasteiger partial charge >= 0.3 is 0 Å². The van der Waals surface area contributed by atoms with E-state index in [0.717, 1.165) is 23.1 Å². The second-order valence-electron chi connectivity index (χ2n) is 3.58. The van der Waals surface area contributed by atoms with Crippen LogP contribution in [-0.2, 0) is 9.59 Å². The Balaban J connectivity index is 1.98. The van der Waals surface area contributed by atoms with Crippen LogP contribution in [0.3, 0.4) is 0 Å². The first-order valence-electron chi connectivity index (χ1n) is 5.45. The molecule has 0 aromatic carbocycles. The number of rotatable bonds is 4. The van der Waals surface area contributed by atoms with E-state index >= 15 is 0 Å².